The number of carbonyl (C=O) groups is 1. The molecule has 2 fully saturated rings. The molecular weight excluding hydrogens is 394 g/mol. The fourth-order valence-corrected chi connectivity index (χ4v) is 5.67. The third-order valence-corrected chi connectivity index (χ3v) is 7.50. The quantitative estimate of drug-likeness (QED) is 0.804. The predicted octanol–water partition coefficient (Wildman–Crippen LogP) is 2.56. The molecule has 6 nitrogen and oxygen atoms in total. The van der Waals surface area contributed by atoms with Gasteiger partial charge in [-0.3, -0.25) is 9.69 Å². The van der Waals surface area contributed by atoms with Gasteiger partial charge in [-0.1, -0.05) is 0 Å². The van der Waals surface area contributed by atoms with Gasteiger partial charge in [0.25, 0.3) is 5.91 Å². The highest BCUT2D eigenvalue weighted by Gasteiger charge is 2.41. The monoisotopic (exact) mass is 421 g/mol. The number of morpholine rings is 1. The molecule has 2 aliphatic heterocycles. The summed E-state index contributed by atoms with van der Waals surface area (Å²) < 4.78 is 6.20. The standard InChI is InChI=1S/C20H27N3O3S2/c1-15-21-18(13-27-15)19(25)23-9-11-26-20(14-23)5-7-22(8-6-20)12-17-3-2-16(28-17)4-10-24/h2-3,13,24H,4-12,14H2,1H3. The molecule has 152 valence electrons. The summed E-state index contributed by atoms with van der Waals surface area (Å²) in [5, 5.41) is 11.9. The fourth-order valence-electron chi connectivity index (χ4n) is 4.04. The number of thiophene rings is 1. The Morgan fingerprint density at radius 2 is 2.07 bits per heavy atom. The first-order valence-corrected chi connectivity index (χ1v) is 11.5. The second kappa shape index (κ2) is 8.59. The van der Waals surface area contributed by atoms with Gasteiger partial charge >= 0.3 is 0 Å². The van der Waals surface area contributed by atoms with E-state index >= 15 is 0 Å². The zero-order valence-electron chi connectivity index (χ0n) is 16.2. The molecule has 2 aliphatic rings. The lowest BCUT2D eigenvalue weighted by atomic mass is 9.89. The van der Waals surface area contributed by atoms with Crippen molar-refractivity contribution in [3.8, 4) is 0 Å². The summed E-state index contributed by atoms with van der Waals surface area (Å²) in [6, 6.07) is 4.29. The van der Waals surface area contributed by atoms with Crippen molar-refractivity contribution in [1.29, 1.82) is 0 Å². The third-order valence-electron chi connectivity index (χ3n) is 5.60. The Morgan fingerprint density at radius 1 is 1.29 bits per heavy atom. The summed E-state index contributed by atoms with van der Waals surface area (Å²) in [5.41, 5.74) is 0.348. The molecule has 4 rings (SSSR count). The maximum Gasteiger partial charge on any atom is 0.273 e. The zero-order chi connectivity index (χ0) is 19.6. The van der Waals surface area contributed by atoms with Gasteiger partial charge in [-0.25, -0.2) is 4.98 Å². The summed E-state index contributed by atoms with van der Waals surface area (Å²) in [6.07, 6.45) is 2.63. The SMILES string of the molecule is Cc1nc(C(=O)N2CCOC3(CCN(Cc4ccc(CCO)s4)CC3)C2)cs1. The van der Waals surface area contributed by atoms with Gasteiger partial charge in [-0.15, -0.1) is 22.7 Å². The molecule has 2 aromatic rings. The van der Waals surface area contributed by atoms with Gasteiger partial charge in [-0.05, 0) is 31.9 Å². The third kappa shape index (κ3) is 4.46. The van der Waals surface area contributed by atoms with Crippen molar-refractivity contribution in [3.05, 3.63) is 38.0 Å². The number of aryl methyl sites for hydroxylation is 1. The molecule has 4 heterocycles. The van der Waals surface area contributed by atoms with Gasteiger partial charge in [0.1, 0.15) is 5.69 Å². The van der Waals surface area contributed by atoms with Gasteiger partial charge in [-0.2, -0.15) is 0 Å². The number of thiazole rings is 1. The zero-order valence-corrected chi connectivity index (χ0v) is 17.9. The van der Waals surface area contributed by atoms with Crippen LogP contribution in [0.3, 0.4) is 0 Å². The maximum atomic E-state index is 12.8. The number of nitrogens with zero attached hydrogens (tertiary/aromatic N) is 3. The Morgan fingerprint density at radius 3 is 2.79 bits per heavy atom. The first kappa shape index (κ1) is 20.0. The number of piperidine rings is 1. The number of carbonyl (C=O) groups excluding carboxylic acids is 1. The summed E-state index contributed by atoms with van der Waals surface area (Å²) in [7, 11) is 0. The van der Waals surface area contributed by atoms with Gasteiger partial charge in [0, 0.05) is 54.3 Å². The van der Waals surface area contributed by atoms with E-state index in [-0.39, 0.29) is 18.1 Å². The normalized spacial score (nSPS) is 20.0. The van der Waals surface area contributed by atoms with E-state index in [1.807, 2.05) is 17.2 Å². The summed E-state index contributed by atoms with van der Waals surface area (Å²) in [5.74, 6) is 0.0319. The Hall–Kier alpha value is -1.32. The van der Waals surface area contributed by atoms with E-state index in [4.69, 9.17) is 9.84 Å². The van der Waals surface area contributed by atoms with Gasteiger partial charge in [0.15, 0.2) is 0 Å². The second-order valence-corrected chi connectivity index (χ2v) is 9.94. The molecular formula is C20H27N3O3S2. The molecule has 1 spiro atoms. The largest absolute Gasteiger partial charge is 0.396 e. The lowest BCUT2D eigenvalue weighted by Gasteiger charge is -2.47. The minimum absolute atomic E-state index is 0.0319. The minimum Gasteiger partial charge on any atom is -0.396 e. The molecule has 0 aliphatic carbocycles. The Kier molecular flexibility index (Phi) is 6.13. The summed E-state index contributed by atoms with van der Waals surface area (Å²) >= 11 is 3.31. The van der Waals surface area contributed by atoms with E-state index < -0.39 is 0 Å². The van der Waals surface area contributed by atoms with E-state index in [9.17, 15) is 4.79 Å². The average Bonchev–Trinajstić information content (AvgIpc) is 3.33. The predicted molar refractivity (Wildman–Crippen MR) is 111 cm³/mol. The van der Waals surface area contributed by atoms with E-state index in [1.165, 1.54) is 21.1 Å². The fraction of sp³-hybridized carbons (Fsp3) is 0.600. The molecule has 2 aromatic heterocycles. The number of aliphatic hydroxyl groups is 1. The maximum absolute atomic E-state index is 12.8. The molecule has 0 bridgehead atoms. The van der Waals surface area contributed by atoms with E-state index in [2.05, 4.69) is 22.0 Å². The van der Waals surface area contributed by atoms with Crippen molar-refractivity contribution < 1.29 is 14.6 Å². The highest BCUT2D eigenvalue weighted by molar-refractivity contribution is 7.12. The van der Waals surface area contributed by atoms with Gasteiger partial charge < -0.3 is 14.7 Å². The molecule has 0 atom stereocenters. The molecule has 0 saturated carbocycles. The average molecular weight is 422 g/mol. The van der Waals surface area contributed by atoms with E-state index in [1.54, 1.807) is 11.3 Å². The number of likely N-dealkylation sites (tertiary alicyclic amines) is 1. The lowest BCUT2D eigenvalue weighted by molar-refractivity contribution is -0.127. The van der Waals surface area contributed by atoms with Crippen LogP contribution in [0.15, 0.2) is 17.5 Å². The second-order valence-electron chi connectivity index (χ2n) is 7.63. The van der Waals surface area contributed by atoms with Crippen molar-refractivity contribution >= 4 is 28.6 Å². The topological polar surface area (TPSA) is 65.9 Å². The molecule has 0 aromatic carbocycles. The van der Waals surface area contributed by atoms with Crippen LogP contribution in [-0.4, -0.2) is 70.8 Å². The first-order chi connectivity index (χ1) is 13.6. The van der Waals surface area contributed by atoms with Crippen LogP contribution < -0.4 is 0 Å². The molecule has 8 heteroatoms. The van der Waals surface area contributed by atoms with E-state index in [0.29, 0.717) is 25.4 Å². The number of aromatic nitrogens is 1. The minimum atomic E-state index is -0.215. The van der Waals surface area contributed by atoms with Crippen LogP contribution in [-0.2, 0) is 17.7 Å². The van der Waals surface area contributed by atoms with Crippen LogP contribution in [0.25, 0.3) is 0 Å². The van der Waals surface area contributed by atoms with Crippen LogP contribution in [0.4, 0.5) is 0 Å². The highest BCUT2D eigenvalue weighted by atomic mass is 32.1. The summed E-state index contributed by atoms with van der Waals surface area (Å²) in [6.45, 7) is 6.95. The Labute approximate surface area is 173 Å². The van der Waals surface area contributed by atoms with Crippen LogP contribution in [0.2, 0.25) is 0 Å². The number of rotatable bonds is 5. The number of amides is 1. The molecule has 0 radical (unpaired) electrons. The van der Waals surface area contributed by atoms with Crippen molar-refractivity contribution in [2.45, 2.75) is 38.3 Å². The van der Waals surface area contributed by atoms with Crippen molar-refractivity contribution in [2.75, 3.05) is 39.4 Å². The molecule has 1 amide bonds. The smallest absolute Gasteiger partial charge is 0.273 e. The van der Waals surface area contributed by atoms with Crippen LogP contribution >= 0.6 is 22.7 Å². The number of ether oxygens (including phenoxy) is 1. The van der Waals surface area contributed by atoms with Crippen molar-refractivity contribution in [1.82, 2.24) is 14.8 Å². The Bertz CT molecular complexity index is 811. The van der Waals surface area contributed by atoms with E-state index in [0.717, 1.165) is 43.9 Å². The van der Waals surface area contributed by atoms with Gasteiger partial charge in [0.2, 0.25) is 0 Å². The first-order valence-electron chi connectivity index (χ1n) is 9.83. The summed E-state index contributed by atoms with van der Waals surface area (Å²) in [4.78, 5) is 24.1. The van der Waals surface area contributed by atoms with Gasteiger partial charge in [0.05, 0.1) is 23.8 Å². The van der Waals surface area contributed by atoms with Crippen LogP contribution in [0.5, 0.6) is 0 Å². The number of aliphatic hydroxyl groups excluding tert-OH is 1. The number of hydrogen-bond donors (Lipinski definition) is 1. The Balaban J connectivity index is 1.33. The highest BCUT2D eigenvalue weighted by Crippen LogP contribution is 2.32. The molecule has 2 saturated heterocycles. The molecule has 0 unspecified atom stereocenters. The van der Waals surface area contributed by atoms with Crippen molar-refractivity contribution in [3.63, 3.8) is 0 Å². The van der Waals surface area contributed by atoms with Crippen LogP contribution in [0, 0.1) is 6.92 Å². The molecule has 1 N–H and O–H groups in total. The van der Waals surface area contributed by atoms with Crippen LogP contribution in [0.1, 0.15) is 38.1 Å². The molecule has 28 heavy (non-hydrogen) atoms. The van der Waals surface area contributed by atoms with Crippen molar-refractivity contribution in [2.24, 2.45) is 0 Å². The number of hydrogen-bond acceptors (Lipinski definition) is 7. The lowest BCUT2D eigenvalue weighted by Crippen LogP contribution is -2.57.